The van der Waals surface area contributed by atoms with E-state index in [-0.39, 0.29) is 10.5 Å². The van der Waals surface area contributed by atoms with E-state index in [0.717, 1.165) is 35.8 Å². The van der Waals surface area contributed by atoms with Gasteiger partial charge in [-0.2, -0.15) is 4.31 Å². The smallest absolute Gasteiger partial charge is 0.257 e. The summed E-state index contributed by atoms with van der Waals surface area (Å²) in [6.45, 7) is 3.14. The van der Waals surface area contributed by atoms with Crippen molar-refractivity contribution in [3.63, 3.8) is 0 Å². The van der Waals surface area contributed by atoms with Gasteiger partial charge in [0, 0.05) is 24.4 Å². The first-order chi connectivity index (χ1) is 13.0. The lowest BCUT2D eigenvalue weighted by atomic mass is 10.2. The number of carbonyl (C=O) groups is 1. The summed E-state index contributed by atoms with van der Waals surface area (Å²) in [4.78, 5) is 12.7. The number of sulfonamides is 1. The van der Waals surface area contributed by atoms with E-state index >= 15 is 0 Å². The number of hydrogen-bond donors (Lipinski definition) is 1. The van der Waals surface area contributed by atoms with E-state index in [1.165, 1.54) is 27.8 Å². The average molecular weight is 427 g/mol. The van der Waals surface area contributed by atoms with Crippen molar-refractivity contribution in [3.05, 3.63) is 29.8 Å². The normalized spacial score (nSPS) is 15.6. The summed E-state index contributed by atoms with van der Waals surface area (Å²) in [5, 5.41) is 11.1. The second-order valence-electron chi connectivity index (χ2n) is 6.17. The maximum atomic E-state index is 12.8. The molecule has 0 unspecified atom stereocenters. The van der Waals surface area contributed by atoms with Gasteiger partial charge in [-0.1, -0.05) is 42.5 Å². The highest BCUT2D eigenvalue weighted by Gasteiger charge is 2.26. The van der Waals surface area contributed by atoms with Crippen LogP contribution in [0.15, 0.2) is 33.5 Å². The predicted octanol–water partition coefficient (Wildman–Crippen LogP) is 3.47. The summed E-state index contributed by atoms with van der Waals surface area (Å²) < 4.78 is 27.9. The number of nitrogens with zero attached hydrogens (tertiary/aromatic N) is 3. The number of piperidine rings is 1. The molecule has 1 aromatic carbocycles. The number of carbonyl (C=O) groups excluding carboxylic acids is 1. The standard InChI is InChI=1S/C17H22N4O3S3/c1-2-11-25-17-20-19-16(26-17)18-15(22)13-7-6-8-14(12-13)27(23,24)21-9-4-3-5-10-21/h6-8,12H,2-5,9-11H2,1H3,(H,18,19,22). The molecule has 10 heteroatoms. The quantitative estimate of drug-likeness (QED) is 0.538. The first-order valence-corrected chi connectivity index (χ1v) is 12.1. The zero-order valence-electron chi connectivity index (χ0n) is 15.1. The topological polar surface area (TPSA) is 92.3 Å². The SMILES string of the molecule is CCCSc1nnc(NC(=O)c2cccc(S(=O)(=O)N3CCCCC3)c2)s1. The lowest BCUT2D eigenvalue weighted by molar-refractivity contribution is 0.102. The number of anilines is 1. The Labute approximate surface area is 167 Å². The molecule has 0 atom stereocenters. The number of hydrogen-bond acceptors (Lipinski definition) is 7. The Kier molecular flexibility index (Phi) is 6.85. The molecule has 1 aliphatic rings. The predicted molar refractivity (Wildman–Crippen MR) is 108 cm³/mol. The summed E-state index contributed by atoms with van der Waals surface area (Å²) in [5.74, 6) is 0.549. The molecule has 1 aromatic heterocycles. The molecular formula is C17H22N4O3S3. The Hall–Kier alpha value is -1.49. The lowest BCUT2D eigenvalue weighted by Gasteiger charge is -2.26. The minimum atomic E-state index is -3.57. The Morgan fingerprint density at radius 1 is 1.26 bits per heavy atom. The van der Waals surface area contributed by atoms with E-state index < -0.39 is 15.9 Å². The fourth-order valence-corrected chi connectivity index (χ4v) is 5.97. The Balaban J connectivity index is 1.72. The number of rotatable bonds is 7. The van der Waals surface area contributed by atoms with E-state index in [1.54, 1.807) is 23.9 Å². The molecule has 0 saturated carbocycles. The van der Waals surface area contributed by atoms with Crippen LogP contribution in [0.1, 0.15) is 43.0 Å². The van der Waals surface area contributed by atoms with E-state index in [4.69, 9.17) is 0 Å². The second kappa shape index (κ2) is 9.13. The first kappa shape index (κ1) is 20.2. The molecule has 2 heterocycles. The Bertz CT molecular complexity index is 892. The van der Waals surface area contributed by atoms with Crippen molar-refractivity contribution in [2.45, 2.75) is 41.8 Å². The first-order valence-electron chi connectivity index (χ1n) is 8.88. The van der Waals surface area contributed by atoms with Gasteiger partial charge in [0.2, 0.25) is 15.2 Å². The van der Waals surface area contributed by atoms with Gasteiger partial charge in [0.25, 0.3) is 5.91 Å². The van der Waals surface area contributed by atoms with Gasteiger partial charge in [-0.15, -0.1) is 10.2 Å². The summed E-state index contributed by atoms with van der Waals surface area (Å²) >= 11 is 2.91. The Morgan fingerprint density at radius 3 is 2.78 bits per heavy atom. The van der Waals surface area contributed by atoms with Crippen LogP contribution in [0.2, 0.25) is 0 Å². The van der Waals surface area contributed by atoms with Crippen LogP contribution in [0, 0.1) is 0 Å². The van der Waals surface area contributed by atoms with E-state index in [9.17, 15) is 13.2 Å². The molecule has 146 valence electrons. The van der Waals surface area contributed by atoms with Gasteiger partial charge in [-0.3, -0.25) is 10.1 Å². The maximum absolute atomic E-state index is 12.8. The monoisotopic (exact) mass is 426 g/mol. The molecule has 1 aliphatic heterocycles. The van der Waals surface area contributed by atoms with Crippen molar-refractivity contribution in [3.8, 4) is 0 Å². The van der Waals surface area contributed by atoms with Gasteiger partial charge in [0.05, 0.1) is 4.90 Å². The molecule has 27 heavy (non-hydrogen) atoms. The number of thioether (sulfide) groups is 1. The van der Waals surface area contributed by atoms with Gasteiger partial charge in [0.1, 0.15) is 0 Å². The maximum Gasteiger partial charge on any atom is 0.257 e. The molecule has 1 amide bonds. The van der Waals surface area contributed by atoms with Crippen LogP contribution in [0.4, 0.5) is 5.13 Å². The molecule has 0 aliphatic carbocycles. The molecule has 2 aromatic rings. The third-order valence-corrected chi connectivity index (χ3v) is 8.18. The minimum Gasteiger partial charge on any atom is -0.296 e. The summed E-state index contributed by atoms with van der Waals surface area (Å²) in [6, 6.07) is 6.14. The highest BCUT2D eigenvalue weighted by molar-refractivity contribution is 8.01. The molecule has 1 saturated heterocycles. The van der Waals surface area contributed by atoms with Crippen molar-refractivity contribution in [2.24, 2.45) is 0 Å². The third kappa shape index (κ3) is 5.07. The van der Waals surface area contributed by atoms with Crippen molar-refractivity contribution in [1.29, 1.82) is 0 Å². The van der Waals surface area contributed by atoms with Crippen LogP contribution in [-0.4, -0.2) is 47.7 Å². The molecule has 1 fully saturated rings. The van der Waals surface area contributed by atoms with Gasteiger partial charge < -0.3 is 0 Å². The van der Waals surface area contributed by atoms with E-state index in [0.29, 0.717) is 18.2 Å². The minimum absolute atomic E-state index is 0.147. The fourth-order valence-electron chi connectivity index (χ4n) is 2.73. The zero-order chi connectivity index (χ0) is 19.3. The molecule has 0 radical (unpaired) electrons. The molecule has 1 N–H and O–H groups in total. The van der Waals surface area contributed by atoms with Gasteiger partial charge in [0.15, 0.2) is 4.34 Å². The molecule has 0 bridgehead atoms. The summed E-state index contributed by atoms with van der Waals surface area (Å²) in [6.07, 6.45) is 3.82. The van der Waals surface area contributed by atoms with Crippen molar-refractivity contribution >= 4 is 44.2 Å². The van der Waals surface area contributed by atoms with Crippen molar-refractivity contribution in [1.82, 2.24) is 14.5 Å². The largest absolute Gasteiger partial charge is 0.296 e. The lowest BCUT2D eigenvalue weighted by Crippen LogP contribution is -2.35. The number of amides is 1. The van der Waals surface area contributed by atoms with Crippen LogP contribution < -0.4 is 5.32 Å². The Morgan fingerprint density at radius 2 is 2.04 bits per heavy atom. The van der Waals surface area contributed by atoms with E-state index in [1.807, 2.05) is 0 Å². The van der Waals surface area contributed by atoms with Crippen LogP contribution in [0.5, 0.6) is 0 Å². The number of nitrogens with one attached hydrogen (secondary N) is 1. The van der Waals surface area contributed by atoms with Crippen LogP contribution in [-0.2, 0) is 10.0 Å². The second-order valence-corrected chi connectivity index (χ2v) is 10.4. The van der Waals surface area contributed by atoms with Crippen LogP contribution in [0.25, 0.3) is 0 Å². The number of benzene rings is 1. The van der Waals surface area contributed by atoms with E-state index in [2.05, 4.69) is 22.4 Å². The molecule has 3 rings (SSSR count). The summed E-state index contributed by atoms with van der Waals surface area (Å²) in [5.41, 5.74) is 0.283. The third-order valence-electron chi connectivity index (χ3n) is 4.11. The van der Waals surface area contributed by atoms with Gasteiger partial charge >= 0.3 is 0 Å². The van der Waals surface area contributed by atoms with Crippen molar-refractivity contribution in [2.75, 3.05) is 24.2 Å². The van der Waals surface area contributed by atoms with Crippen LogP contribution in [0.3, 0.4) is 0 Å². The molecule has 0 spiro atoms. The molecule has 7 nitrogen and oxygen atoms in total. The van der Waals surface area contributed by atoms with Crippen LogP contribution >= 0.6 is 23.1 Å². The highest BCUT2D eigenvalue weighted by Crippen LogP contribution is 2.26. The number of aromatic nitrogens is 2. The zero-order valence-corrected chi connectivity index (χ0v) is 17.5. The fraction of sp³-hybridized carbons (Fsp3) is 0.471. The average Bonchev–Trinajstić information content (AvgIpc) is 3.14. The van der Waals surface area contributed by atoms with Crippen molar-refractivity contribution < 1.29 is 13.2 Å². The van der Waals surface area contributed by atoms with Gasteiger partial charge in [-0.05, 0) is 37.5 Å². The highest BCUT2D eigenvalue weighted by atomic mass is 32.2. The molecular weight excluding hydrogens is 404 g/mol. The summed E-state index contributed by atoms with van der Waals surface area (Å²) in [7, 11) is -3.57. The van der Waals surface area contributed by atoms with Gasteiger partial charge in [-0.25, -0.2) is 8.42 Å².